The first-order valence-corrected chi connectivity index (χ1v) is 13.7. The van der Waals surface area contributed by atoms with Gasteiger partial charge in [0, 0.05) is 22.4 Å². The number of aromatic nitrogens is 1. The molecule has 1 heterocycles. The van der Waals surface area contributed by atoms with E-state index >= 15 is 0 Å². The fourth-order valence-corrected chi connectivity index (χ4v) is 6.31. The van der Waals surface area contributed by atoms with Crippen LogP contribution in [0.15, 0.2) is 83.8 Å². The number of carbonyl (C=O) groups is 1. The number of hydrogen-bond donors (Lipinski definition) is 2. The number of primary amides is 1. The molecule has 0 aliphatic rings. The van der Waals surface area contributed by atoms with Crippen LogP contribution in [0.5, 0.6) is 0 Å². The van der Waals surface area contributed by atoms with Crippen molar-refractivity contribution >= 4 is 27.3 Å². The standard InChI is InChI=1S/C27H24F3N3O3S2/c1-26(2,25(31)34)33-38(35,36)19-13-14-21(27(28,29)30)20(16-19)24-32-23(18-11-7-4-8-12-18)22(37-24)15-17-9-5-3-6-10-17/h3-14,16,33H,15H2,1-2H3,(H2,31,34). The van der Waals surface area contributed by atoms with E-state index in [4.69, 9.17) is 5.73 Å². The van der Waals surface area contributed by atoms with Crippen LogP contribution >= 0.6 is 11.3 Å². The minimum atomic E-state index is -4.77. The molecule has 0 radical (unpaired) electrons. The zero-order valence-corrected chi connectivity index (χ0v) is 22.0. The number of benzene rings is 3. The van der Waals surface area contributed by atoms with E-state index in [2.05, 4.69) is 9.71 Å². The summed E-state index contributed by atoms with van der Waals surface area (Å²) in [6.45, 7) is 2.53. The van der Waals surface area contributed by atoms with Crippen LogP contribution in [-0.2, 0) is 27.4 Å². The molecule has 3 aromatic carbocycles. The lowest BCUT2D eigenvalue weighted by molar-refractivity contribution is -0.137. The summed E-state index contributed by atoms with van der Waals surface area (Å²) >= 11 is 1.07. The second kappa shape index (κ2) is 10.3. The summed E-state index contributed by atoms with van der Waals surface area (Å²) in [5.41, 5.74) is 4.40. The summed E-state index contributed by atoms with van der Waals surface area (Å²) < 4.78 is 70.4. The molecule has 0 aliphatic carbocycles. The molecule has 1 amide bonds. The molecule has 0 aliphatic heterocycles. The Balaban J connectivity index is 1.89. The monoisotopic (exact) mass is 559 g/mol. The molecule has 0 bridgehead atoms. The van der Waals surface area contributed by atoms with Crippen LogP contribution in [0.2, 0.25) is 0 Å². The highest BCUT2D eigenvalue weighted by Gasteiger charge is 2.37. The summed E-state index contributed by atoms with van der Waals surface area (Å²) in [6.07, 6.45) is -4.34. The normalized spacial score (nSPS) is 12.4. The molecule has 38 heavy (non-hydrogen) atoms. The van der Waals surface area contributed by atoms with Gasteiger partial charge in [-0.05, 0) is 37.6 Å². The van der Waals surface area contributed by atoms with E-state index in [1.165, 1.54) is 13.8 Å². The van der Waals surface area contributed by atoms with Crippen LogP contribution in [0, 0.1) is 0 Å². The fourth-order valence-electron chi connectivity index (χ4n) is 3.75. The van der Waals surface area contributed by atoms with E-state index in [1.54, 1.807) is 12.1 Å². The fraction of sp³-hybridized carbons (Fsp3) is 0.185. The summed E-state index contributed by atoms with van der Waals surface area (Å²) in [6, 6.07) is 21.0. The molecule has 0 unspecified atom stereocenters. The number of halogens is 3. The molecule has 0 fully saturated rings. The van der Waals surface area contributed by atoms with Gasteiger partial charge in [-0.2, -0.15) is 17.9 Å². The third-order valence-corrected chi connectivity index (χ3v) is 8.54. The topological polar surface area (TPSA) is 102 Å². The highest BCUT2D eigenvalue weighted by atomic mass is 32.2. The number of rotatable bonds is 8. The molecule has 11 heteroatoms. The van der Waals surface area contributed by atoms with Crippen molar-refractivity contribution in [1.29, 1.82) is 0 Å². The summed E-state index contributed by atoms with van der Waals surface area (Å²) in [4.78, 5) is 16.5. The third-order valence-electron chi connectivity index (χ3n) is 5.79. The van der Waals surface area contributed by atoms with Gasteiger partial charge in [-0.3, -0.25) is 4.79 Å². The van der Waals surface area contributed by atoms with E-state index in [0.29, 0.717) is 18.2 Å². The van der Waals surface area contributed by atoms with Gasteiger partial charge in [0.1, 0.15) is 10.5 Å². The highest BCUT2D eigenvalue weighted by molar-refractivity contribution is 7.89. The third kappa shape index (κ3) is 5.95. The smallest absolute Gasteiger partial charge is 0.368 e. The van der Waals surface area contributed by atoms with Gasteiger partial charge in [0.15, 0.2) is 0 Å². The van der Waals surface area contributed by atoms with E-state index in [1.807, 2.05) is 48.5 Å². The molecule has 0 saturated carbocycles. The first-order valence-electron chi connectivity index (χ1n) is 11.4. The molecule has 4 aromatic rings. The van der Waals surface area contributed by atoms with Crippen LogP contribution in [0.25, 0.3) is 21.8 Å². The maximum Gasteiger partial charge on any atom is 0.417 e. The molecule has 0 spiro atoms. The van der Waals surface area contributed by atoms with E-state index in [-0.39, 0.29) is 10.6 Å². The number of nitrogens with one attached hydrogen (secondary N) is 1. The van der Waals surface area contributed by atoms with E-state index in [0.717, 1.165) is 39.5 Å². The average molecular weight is 560 g/mol. The quantitative estimate of drug-likeness (QED) is 0.292. The summed E-state index contributed by atoms with van der Waals surface area (Å²) in [7, 11) is -4.40. The Morgan fingerprint density at radius 2 is 1.58 bits per heavy atom. The van der Waals surface area contributed by atoms with Crippen LogP contribution in [-0.4, -0.2) is 24.8 Å². The van der Waals surface area contributed by atoms with E-state index in [9.17, 15) is 26.4 Å². The van der Waals surface area contributed by atoms with Crippen LogP contribution in [0.4, 0.5) is 13.2 Å². The summed E-state index contributed by atoms with van der Waals surface area (Å²) in [5, 5.41) is 0.0216. The maximum atomic E-state index is 14.1. The Morgan fingerprint density at radius 1 is 0.974 bits per heavy atom. The zero-order valence-electron chi connectivity index (χ0n) is 20.4. The zero-order chi connectivity index (χ0) is 27.7. The average Bonchev–Trinajstić information content (AvgIpc) is 3.27. The van der Waals surface area contributed by atoms with Gasteiger partial charge in [0.05, 0.1) is 16.2 Å². The molecular formula is C27H24F3N3O3S2. The number of carbonyl (C=O) groups excluding carboxylic acids is 1. The van der Waals surface area contributed by atoms with Gasteiger partial charge in [-0.25, -0.2) is 13.4 Å². The number of nitrogens with two attached hydrogens (primary N) is 1. The number of hydrogen-bond acceptors (Lipinski definition) is 5. The maximum absolute atomic E-state index is 14.1. The molecule has 6 nitrogen and oxygen atoms in total. The van der Waals surface area contributed by atoms with Crippen molar-refractivity contribution in [2.45, 2.75) is 36.9 Å². The van der Waals surface area contributed by atoms with Crippen molar-refractivity contribution in [2.75, 3.05) is 0 Å². The number of nitrogens with zero attached hydrogens (tertiary/aromatic N) is 1. The predicted molar refractivity (Wildman–Crippen MR) is 141 cm³/mol. The minimum absolute atomic E-state index is 0.0216. The molecule has 0 saturated heterocycles. The Hall–Kier alpha value is -3.54. The first-order chi connectivity index (χ1) is 17.8. The van der Waals surface area contributed by atoms with Gasteiger partial charge in [-0.15, -0.1) is 11.3 Å². The Kier molecular flexibility index (Phi) is 7.46. The van der Waals surface area contributed by atoms with Crippen molar-refractivity contribution in [2.24, 2.45) is 5.73 Å². The van der Waals surface area contributed by atoms with Gasteiger partial charge in [0.25, 0.3) is 0 Å². The molecule has 0 atom stereocenters. The van der Waals surface area contributed by atoms with Crippen LogP contribution < -0.4 is 10.5 Å². The van der Waals surface area contributed by atoms with Crippen LogP contribution in [0.1, 0.15) is 29.9 Å². The van der Waals surface area contributed by atoms with Gasteiger partial charge < -0.3 is 5.73 Å². The van der Waals surface area contributed by atoms with Crippen molar-refractivity contribution in [3.63, 3.8) is 0 Å². The van der Waals surface area contributed by atoms with Gasteiger partial charge in [0.2, 0.25) is 15.9 Å². The highest BCUT2D eigenvalue weighted by Crippen LogP contribution is 2.42. The number of sulfonamides is 1. The number of alkyl halides is 3. The molecular weight excluding hydrogens is 535 g/mol. The largest absolute Gasteiger partial charge is 0.417 e. The Labute approximate surface area is 222 Å². The molecule has 1 aromatic heterocycles. The molecule has 3 N–H and O–H groups in total. The lowest BCUT2D eigenvalue weighted by Crippen LogP contribution is -2.52. The second-order valence-corrected chi connectivity index (χ2v) is 11.9. The van der Waals surface area contributed by atoms with Crippen LogP contribution in [0.3, 0.4) is 0 Å². The SMILES string of the molecule is CC(C)(NS(=O)(=O)c1ccc(C(F)(F)F)c(-c2nc(-c3ccccc3)c(Cc3ccccc3)s2)c1)C(N)=O. The first kappa shape index (κ1) is 27.5. The Bertz CT molecular complexity index is 1570. The van der Waals surface area contributed by atoms with Crippen molar-refractivity contribution in [3.8, 4) is 21.8 Å². The lowest BCUT2D eigenvalue weighted by Gasteiger charge is -2.22. The van der Waals surface area contributed by atoms with Crippen molar-refractivity contribution < 1.29 is 26.4 Å². The van der Waals surface area contributed by atoms with Crippen molar-refractivity contribution in [1.82, 2.24) is 9.71 Å². The van der Waals surface area contributed by atoms with Gasteiger partial charge in [-0.1, -0.05) is 60.7 Å². The van der Waals surface area contributed by atoms with Gasteiger partial charge >= 0.3 is 6.18 Å². The Morgan fingerprint density at radius 3 is 2.16 bits per heavy atom. The second-order valence-electron chi connectivity index (χ2n) is 9.12. The molecule has 4 rings (SSSR count). The van der Waals surface area contributed by atoms with E-state index < -0.39 is 38.1 Å². The molecule has 198 valence electrons. The number of amides is 1. The lowest BCUT2D eigenvalue weighted by atomic mass is 10.1. The minimum Gasteiger partial charge on any atom is -0.368 e. The number of thiazole rings is 1. The predicted octanol–water partition coefficient (Wildman–Crippen LogP) is 5.63. The van der Waals surface area contributed by atoms with Crippen molar-refractivity contribution in [3.05, 3.63) is 94.9 Å². The summed E-state index contributed by atoms with van der Waals surface area (Å²) in [5.74, 6) is -0.939.